The molecule has 0 amide bonds. The maximum atomic E-state index is 13.6. The number of esters is 1. The topological polar surface area (TPSA) is 104 Å². The summed E-state index contributed by atoms with van der Waals surface area (Å²) >= 11 is 0. The summed E-state index contributed by atoms with van der Waals surface area (Å²) in [5.74, 6) is -1.53. The number of carbonyl (C=O) groups excluding carboxylic acids is 1. The van der Waals surface area contributed by atoms with Gasteiger partial charge in [-0.3, -0.25) is 9.36 Å². The Labute approximate surface area is 184 Å². The number of carbonyl (C=O) groups is 1. The fourth-order valence-electron chi connectivity index (χ4n) is 4.02. The number of dihydropyridines is 1. The first-order valence-corrected chi connectivity index (χ1v) is 11.3. The van der Waals surface area contributed by atoms with Gasteiger partial charge in [-0.2, -0.15) is 0 Å². The van der Waals surface area contributed by atoms with Crippen LogP contribution in [0.15, 0.2) is 74.5 Å². The number of allylic oxidation sites excluding steroid dienone is 2. The molecule has 2 aromatic carbocycles. The summed E-state index contributed by atoms with van der Waals surface area (Å²) in [6, 6.07) is 12.0. The van der Waals surface area contributed by atoms with E-state index in [1.54, 1.807) is 49.4 Å². The van der Waals surface area contributed by atoms with Crippen LogP contribution in [0.2, 0.25) is 0 Å². The molecule has 1 N–H and O–H groups in total. The second kappa shape index (κ2) is 8.39. The van der Waals surface area contributed by atoms with Crippen molar-refractivity contribution >= 4 is 35.5 Å². The van der Waals surface area contributed by atoms with Crippen molar-refractivity contribution in [1.29, 1.82) is 0 Å². The van der Waals surface area contributed by atoms with E-state index in [0.717, 1.165) is 0 Å². The minimum atomic E-state index is -3.81. The van der Waals surface area contributed by atoms with Crippen LogP contribution in [-0.4, -0.2) is 27.3 Å². The summed E-state index contributed by atoms with van der Waals surface area (Å²) in [4.78, 5) is 25.9. The highest BCUT2D eigenvalue weighted by molar-refractivity contribution is 7.58. The molecule has 1 aliphatic heterocycles. The molecule has 8 nitrogen and oxygen atoms in total. The third-order valence-corrected chi connectivity index (χ3v) is 7.70. The van der Waals surface area contributed by atoms with Gasteiger partial charge in [-0.05, 0) is 25.1 Å². The van der Waals surface area contributed by atoms with Gasteiger partial charge >= 0.3 is 13.6 Å². The van der Waals surface area contributed by atoms with Crippen molar-refractivity contribution in [3.8, 4) is 0 Å². The predicted molar refractivity (Wildman–Crippen MR) is 120 cm³/mol. The number of hydrogen-bond donors (Lipinski definition) is 1. The number of fused-ring (bicyclic) bond motifs is 2. The number of nitrogens with one attached hydrogen (secondary N) is 1. The van der Waals surface area contributed by atoms with E-state index in [-0.39, 0.29) is 21.9 Å². The Morgan fingerprint density at radius 3 is 2.41 bits per heavy atom. The molecule has 1 atom stereocenters. The van der Waals surface area contributed by atoms with Crippen LogP contribution in [0.25, 0.3) is 21.9 Å². The third-order valence-electron chi connectivity index (χ3n) is 5.55. The molecule has 2 heterocycles. The first-order chi connectivity index (χ1) is 15.4. The van der Waals surface area contributed by atoms with E-state index in [1.165, 1.54) is 27.5 Å². The summed E-state index contributed by atoms with van der Waals surface area (Å²) in [5.41, 5.74) is 1.61. The Balaban J connectivity index is 2.10. The SMILES string of the molecule is COC(=O)C1=CNC(C)=C(P(=O)(OC)OC)C1c1cccc2c(=O)c3ccccc3oc12. The van der Waals surface area contributed by atoms with Gasteiger partial charge < -0.3 is 23.5 Å². The van der Waals surface area contributed by atoms with Gasteiger partial charge in [-0.15, -0.1) is 0 Å². The summed E-state index contributed by atoms with van der Waals surface area (Å²) in [6.07, 6.45) is 1.49. The van der Waals surface area contributed by atoms with E-state index >= 15 is 0 Å². The first-order valence-electron chi connectivity index (χ1n) is 9.78. The highest BCUT2D eigenvalue weighted by atomic mass is 31.2. The number of rotatable bonds is 5. The van der Waals surface area contributed by atoms with E-state index in [0.29, 0.717) is 27.6 Å². The van der Waals surface area contributed by atoms with Gasteiger partial charge in [0.15, 0.2) is 0 Å². The largest absolute Gasteiger partial charge is 0.466 e. The van der Waals surface area contributed by atoms with Gasteiger partial charge in [0.2, 0.25) is 5.43 Å². The van der Waals surface area contributed by atoms with E-state index in [1.807, 2.05) is 0 Å². The molecule has 0 aliphatic carbocycles. The van der Waals surface area contributed by atoms with Crippen LogP contribution in [0.4, 0.5) is 0 Å². The highest BCUT2D eigenvalue weighted by Crippen LogP contribution is 2.63. The van der Waals surface area contributed by atoms with Crippen molar-refractivity contribution < 1.29 is 27.6 Å². The quantitative estimate of drug-likeness (QED) is 0.343. The van der Waals surface area contributed by atoms with Crippen LogP contribution in [0, 0.1) is 0 Å². The van der Waals surface area contributed by atoms with Crippen molar-refractivity contribution in [2.24, 2.45) is 0 Å². The molecule has 0 saturated heterocycles. The molecule has 3 aromatic rings. The normalized spacial score (nSPS) is 16.8. The number of benzene rings is 2. The molecule has 9 heteroatoms. The second-order valence-electron chi connectivity index (χ2n) is 7.19. The Morgan fingerprint density at radius 1 is 1.03 bits per heavy atom. The standard InChI is InChI=1S/C23H22NO7P/c1-13-22(32(27,29-3)30-4)19(17(12-24-13)23(26)28-2)15-9-7-10-16-20(25)14-8-5-6-11-18(14)31-21(15)16/h5-12,19,24H,1-4H3. The zero-order chi connectivity index (χ0) is 23.0. The van der Waals surface area contributed by atoms with Crippen molar-refractivity contribution in [1.82, 2.24) is 5.32 Å². The lowest BCUT2D eigenvalue weighted by molar-refractivity contribution is -0.136. The number of ether oxygens (including phenoxy) is 1. The Morgan fingerprint density at radius 2 is 1.72 bits per heavy atom. The zero-order valence-electron chi connectivity index (χ0n) is 18.0. The monoisotopic (exact) mass is 455 g/mol. The van der Waals surface area contributed by atoms with Crippen molar-refractivity contribution in [2.75, 3.05) is 21.3 Å². The number of hydrogen-bond acceptors (Lipinski definition) is 8. The van der Waals surface area contributed by atoms with Gasteiger partial charge in [-0.1, -0.05) is 24.3 Å². The molecule has 4 rings (SSSR count). The molecule has 0 spiro atoms. The first kappa shape index (κ1) is 22.0. The smallest absolute Gasteiger partial charge is 0.359 e. The Kier molecular flexibility index (Phi) is 5.77. The molecule has 1 aliphatic rings. The Hall–Kier alpha value is -3.19. The van der Waals surface area contributed by atoms with Crippen molar-refractivity contribution in [2.45, 2.75) is 12.8 Å². The van der Waals surface area contributed by atoms with E-state index in [2.05, 4.69) is 5.32 Å². The van der Waals surface area contributed by atoms with Crippen LogP contribution in [0.1, 0.15) is 18.4 Å². The van der Waals surface area contributed by atoms with Gasteiger partial charge in [0.05, 0.1) is 34.7 Å². The molecule has 32 heavy (non-hydrogen) atoms. The van der Waals surface area contributed by atoms with E-state index in [9.17, 15) is 14.2 Å². The van der Waals surface area contributed by atoms with Crippen LogP contribution < -0.4 is 10.7 Å². The van der Waals surface area contributed by atoms with Crippen LogP contribution in [0.5, 0.6) is 0 Å². The van der Waals surface area contributed by atoms with Crippen molar-refractivity contribution in [3.05, 3.63) is 81.0 Å². The van der Waals surface area contributed by atoms with Gasteiger partial charge in [-0.25, -0.2) is 4.79 Å². The summed E-state index contributed by atoms with van der Waals surface area (Å²) in [5, 5.41) is 3.96. The number of methoxy groups -OCH3 is 1. The van der Waals surface area contributed by atoms with E-state index < -0.39 is 19.5 Å². The molecule has 0 radical (unpaired) electrons. The van der Waals surface area contributed by atoms with Crippen LogP contribution in [0.3, 0.4) is 0 Å². The molecule has 1 aromatic heterocycles. The minimum absolute atomic E-state index is 0.172. The summed E-state index contributed by atoms with van der Waals surface area (Å²) in [7, 11) is -0.00845. The maximum absolute atomic E-state index is 13.6. The highest BCUT2D eigenvalue weighted by Gasteiger charge is 2.43. The molecule has 0 bridgehead atoms. The Bertz CT molecular complexity index is 1390. The van der Waals surface area contributed by atoms with Gasteiger partial charge in [0.1, 0.15) is 11.2 Å². The molecular formula is C23H22NO7P. The molecule has 166 valence electrons. The molecular weight excluding hydrogens is 433 g/mol. The fraction of sp³-hybridized carbons (Fsp3) is 0.217. The third kappa shape index (κ3) is 3.37. The summed E-state index contributed by atoms with van der Waals surface area (Å²) < 4.78 is 35.2. The van der Waals surface area contributed by atoms with Crippen LogP contribution >= 0.6 is 7.60 Å². The second-order valence-corrected chi connectivity index (χ2v) is 9.40. The number of para-hydroxylation sites is 2. The average Bonchev–Trinajstić information content (AvgIpc) is 2.82. The molecule has 0 fully saturated rings. The minimum Gasteiger partial charge on any atom is -0.466 e. The summed E-state index contributed by atoms with van der Waals surface area (Å²) in [6.45, 7) is 1.70. The predicted octanol–water partition coefficient (Wildman–Crippen LogP) is 4.41. The lowest BCUT2D eigenvalue weighted by Gasteiger charge is -2.31. The zero-order valence-corrected chi connectivity index (χ0v) is 18.9. The maximum Gasteiger partial charge on any atom is 0.359 e. The lowest BCUT2D eigenvalue weighted by Crippen LogP contribution is -2.26. The fourth-order valence-corrected chi connectivity index (χ4v) is 5.64. The van der Waals surface area contributed by atoms with Crippen molar-refractivity contribution in [3.63, 3.8) is 0 Å². The molecule has 0 saturated carbocycles. The van der Waals surface area contributed by atoms with Crippen LogP contribution in [-0.2, 0) is 23.1 Å². The van der Waals surface area contributed by atoms with E-state index in [4.69, 9.17) is 18.2 Å². The van der Waals surface area contributed by atoms with Gasteiger partial charge in [0.25, 0.3) is 0 Å². The van der Waals surface area contributed by atoms with Gasteiger partial charge in [0, 0.05) is 31.7 Å². The lowest BCUT2D eigenvalue weighted by atomic mass is 9.87. The average molecular weight is 455 g/mol. The molecule has 1 unspecified atom stereocenters.